The van der Waals surface area contributed by atoms with E-state index in [1.165, 1.54) is 12.8 Å². The van der Waals surface area contributed by atoms with E-state index >= 15 is 0 Å². The third-order valence-electron chi connectivity index (χ3n) is 2.71. The Bertz CT molecular complexity index is 169. The van der Waals surface area contributed by atoms with Crippen molar-refractivity contribution in [1.29, 1.82) is 0 Å². The van der Waals surface area contributed by atoms with Crippen LogP contribution < -0.4 is 0 Å². The summed E-state index contributed by atoms with van der Waals surface area (Å²) in [5, 5.41) is 8.92. The van der Waals surface area contributed by atoms with Crippen molar-refractivity contribution in [1.82, 2.24) is 0 Å². The van der Waals surface area contributed by atoms with Crippen molar-refractivity contribution in [2.45, 2.75) is 32.1 Å². The summed E-state index contributed by atoms with van der Waals surface area (Å²) < 4.78 is 0. The van der Waals surface area contributed by atoms with Crippen LogP contribution in [0.2, 0.25) is 0 Å². The largest absolute Gasteiger partial charge is 0.481 e. The van der Waals surface area contributed by atoms with Gasteiger partial charge in [0.2, 0.25) is 0 Å². The fraction of sp³-hybridized carbons (Fsp3) is 0.700. The van der Waals surface area contributed by atoms with Gasteiger partial charge in [-0.05, 0) is 25.2 Å². The van der Waals surface area contributed by atoms with E-state index < -0.39 is 5.97 Å². The van der Waals surface area contributed by atoms with Crippen LogP contribution in [0, 0.1) is 11.8 Å². The third kappa shape index (κ3) is 2.10. The molecule has 12 heavy (non-hydrogen) atoms. The highest BCUT2D eigenvalue weighted by Crippen LogP contribution is 2.33. The van der Waals surface area contributed by atoms with Gasteiger partial charge in [-0.3, -0.25) is 4.79 Å². The Morgan fingerprint density at radius 3 is 2.58 bits per heavy atom. The standard InChI is InChI=1S/C10H16O2/c1-2-5-9(10(11)12)8-6-3-4-7-8/h2,8-9H,1,3-7H2,(H,11,12). The molecule has 1 saturated carbocycles. The molecule has 1 aliphatic carbocycles. The monoisotopic (exact) mass is 168 g/mol. The topological polar surface area (TPSA) is 37.3 Å². The number of carboxylic acids is 1. The van der Waals surface area contributed by atoms with Gasteiger partial charge in [-0.2, -0.15) is 0 Å². The predicted octanol–water partition coefficient (Wildman–Crippen LogP) is 2.45. The van der Waals surface area contributed by atoms with Crippen molar-refractivity contribution >= 4 is 5.97 Å². The molecule has 1 atom stereocenters. The van der Waals surface area contributed by atoms with E-state index in [1.807, 2.05) is 0 Å². The van der Waals surface area contributed by atoms with E-state index in [9.17, 15) is 4.79 Å². The Morgan fingerprint density at radius 2 is 2.17 bits per heavy atom. The van der Waals surface area contributed by atoms with Gasteiger partial charge in [-0.15, -0.1) is 6.58 Å². The third-order valence-corrected chi connectivity index (χ3v) is 2.71. The molecular formula is C10H16O2. The van der Waals surface area contributed by atoms with Crippen molar-refractivity contribution in [2.24, 2.45) is 11.8 Å². The van der Waals surface area contributed by atoms with Crippen LogP contribution in [0.5, 0.6) is 0 Å². The molecule has 0 saturated heterocycles. The summed E-state index contributed by atoms with van der Waals surface area (Å²) in [6.45, 7) is 3.59. The van der Waals surface area contributed by atoms with Gasteiger partial charge in [0.1, 0.15) is 0 Å². The van der Waals surface area contributed by atoms with Crippen LogP contribution in [-0.2, 0) is 4.79 Å². The van der Waals surface area contributed by atoms with Crippen molar-refractivity contribution < 1.29 is 9.90 Å². The average molecular weight is 168 g/mol. The molecule has 0 bridgehead atoms. The molecule has 1 N–H and O–H groups in total. The molecule has 0 aliphatic heterocycles. The van der Waals surface area contributed by atoms with Gasteiger partial charge in [-0.1, -0.05) is 18.9 Å². The Hall–Kier alpha value is -0.790. The summed E-state index contributed by atoms with van der Waals surface area (Å²) in [7, 11) is 0. The number of hydrogen-bond acceptors (Lipinski definition) is 1. The van der Waals surface area contributed by atoms with Crippen molar-refractivity contribution in [3.05, 3.63) is 12.7 Å². The van der Waals surface area contributed by atoms with E-state index in [4.69, 9.17) is 5.11 Å². The van der Waals surface area contributed by atoms with Gasteiger partial charge in [0, 0.05) is 0 Å². The highest BCUT2D eigenvalue weighted by atomic mass is 16.4. The van der Waals surface area contributed by atoms with Crippen LogP contribution >= 0.6 is 0 Å². The first-order chi connectivity index (χ1) is 5.75. The lowest BCUT2D eigenvalue weighted by molar-refractivity contribution is -0.143. The molecule has 0 heterocycles. The van der Waals surface area contributed by atoms with E-state index in [-0.39, 0.29) is 5.92 Å². The lowest BCUT2D eigenvalue weighted by atomic mass is 9.88. The minimum Gasteiger partial charge on any atom is -0.481 e. The maximum Gasteiger partial charge on any atom is 0.307 e. The molecule has 0 amide bonds. The van der Waals surface area contributed by atoms with Crippen LogP contribution in [0.3, 0.4) is 0 Å². The number of allylic oxidation sites excluding steroid dienone is 1. The molecular weight excluding hydrogens is 152 g/mol. The molecule has 0 aromatic carbocycles. The van der Waals surface area contributed by atoms with Gasteiger partial charge < -0.3 is 5.11 Å². The highest BCUT2D eigenvalue weighted by Gasteiger charge is 2.28. The first-order valence-corrected chi connectivity index (χ1v) is 4.59. The molecule has 0 aromatic rings. The Morgan fingerprint density at radius 1 is 1.58 bits per heavy atom. The maximum atomic E-state index is 10.8. The molecule has 68 valence electrons. The molecule has 1 rings (SSSR count). The summed E-state index contributed by atoms with van der Waals surface area (Å²) in [5.41, 5.74) is 0. The molecule has 1 fully saturated rings. The van der Waals surface area contributed by atoms with Crippen LogP contribution in [0.4, 0.5) is 0 Å². The van der Waals surface area contributed by atoms with Crippen molar-refractivity contribution in [2.75, 3.05) is 0 Å². The van der Waals surface area contributed by atoms with E-state index in [0.29, 0.717) is 12.3 Å². The normalized spacial score (nSPS) is 20.7. The zero-order valence-corrected chi connectivity index (χ0v) is 7.33. The van der Waals surface area contributed by atoms with Gasteiger partial charge in [-0.25, -0.2) is 0 Å². The number of carbonyl (C=O) groups is 1. The van der Waals surface area contributed by atoms with Crippen molar-refractivity contribution in [3.63, 3.8) is 0 Å². The smallest absolute Gasteiger partial charge is 0.307 e. The van der Waals surface area contributed by atoms with Crippen LogP contribution in [0.25, 0.3) is 0 Å². The maximum absolute atomic E-state index is 10.8. The summed E-state index contributed by atoms with van der Waals surface area (Å²) in [4.78, 5) is 10.8. The first kappa shape index (κ1) is 9.30. The van der Waals surface area contributed by atoms with Gasteiger partial charge >= 0.3 is 5.97 Å². The second-order valence-electron chi connectivity index (χ2n) is 3.51. The molecule has 0 aromatic heterocycles. The van der Waals surface area contributed by atoms with E-state index in [1.54, 1.807) is 6.08 Å². The minimum absolute atomic E-state index is 0.176. The fourth-order valence-electron chi connectivity index (χ4n) is 2.03. The second kappa shape index (κ2) is 4.29. The van der Waals surface area contributed by atoms with Gasteiger partial charge in [0.05, 0.1) is 5.92 Å². The molecule has 0 spiro atoms. The number of hydrogen-bond donors (Lipinski definition) is 1. The zero-order chi connectivity index (χ0) is 8.97. The number of carboxylic acid groups (broad SMARTS) is 1. The number of rotatable bonds is 4. The molecule has 2 heteroatoms. The SMILES string of the molecule is C=CCC(C(=O)O)C1CCCC1. The summed E-state index contributed by atoms with van der Waals surface area (Å²) in [6, 6.07) is 0. The predicted molar refractivity (Wildman–Crippen MR) is 47.9 cm³/mol. The van der Waals surface area contributed by atoms with E-state index in [0.717, 1.165) is 12.8 Å². The zero-order valence-electron chi connectivity index (χ0n) is 7.33. The molecule has 1 unspecified atom stereocenters. The first-order valence-electron chi connectivity index (χ1n) is 4.59. The van der Waals surface area contributed by atoms with Gasteiger partial charge in [0.15, 0.2) is 0 Å². The van der Waals surface area contributed by atoms with Crippen LogP contribution in [-0.4, -0.2) is 11.1 Å². The van der Waals surface area contributed by atoms with Crippen LogP contribution in [0.1, 0.15) is 32.1 Å². The van der Waals surface area contributed by atoms with Crippen LogP contribution in [0.15, 0.2) is 12.7 Å². The summed E-state index contributed by atoms with van der Waals surface area (Å²) >= 11 is 0. The molecule has 1 aliphatic rings. The van der Waals surface area contributed by atoms with Gasteiger partial charge in [0.25, 0.3) is 0 Å². The lowest BCUT2D eigenvalue weighted by Gasteiger charge is -2.16. The Kier molecular flexibility index (Phi) is 3.32. The quantitative estimate of drug-likeness (QED) is 0.655. The minimum atomic E-state index is -0.651. The summed E-state index contributed by atoms with van der Waals surface area (Å²) in [5.74, 6) is -0.424. The van der Waals surface area contributed by atoms with E-state index in [2.05, 4.69) is 6.58 Å². The van der Waals surface area contributed by atoms with Crippen molar-refractivity contribution in [3.8, 4) is 0 Å². The Balaban J connectivity index is 2.51. The second-order valence-corrected chi connectivity index (χ2v) is 3.51. The summed E-state index contributed by atoms with van der Waals surface area (Å²) in [6.07, 6.45) is 6.92. The molecule has 2 nitrogen and oxygen atoms in total. The highest BCUT2D eigenvalue weighted by molar-refractivity contribution is 5.70. The molecule has 0 radical (unpaired) electrons. The number of aliphatic carboxylic acids is 1. The average Bonchev–Trinajstić information content (AvgIpc) is 2.51. The fourth-order valence-corrected chi connectivity index (χ4v) is 2.03. The lowest BCUT2D eigenvalue weighted by Crippen LogP contribution is -2.20. The Labute approximate surface area is 73.3 Å².